The van der Waals surface area contributed by atoms with E-state index in [1.807, 2.05) is 0 Å². The van der Waals surface area contributed by atoms with Gasteiger partial charge in [-0.1, -0.05) is 186 Å². The maximum absolute atomic E-state index is 8.06. The highest BCUT2D eigenvalue weighted by molar-refractivity contribution is 6.37. The van der Waals surface area contributed by atoms with E-state index < -0.39 is 0 Å². The molecule has 0 unspecified atom stereocenters. The second kappa shape index (κ2) is 16.1. The molecular formula is C59H63ClN2O. The van der Waals surface area contributed by atoms with E-state index in [1.54, 1.807) is 0 Å². The van der Waals surface area contributed by atoms with Crippen LogP contribution < -0.4 is 9.80 Å². The number of benzene rings is 7. The van der Waals surface area contributed by atoms with E-state index in [1.165, 1.54) is 22.3 Å². The van der Waals surface area contributed by atoms with Gasteiger partial charge in [-0.15, -0.1) is 0 Å². The quantitative estimate of drug-likeness (QED) is 0.159. The van der Waals surface area contributed by atoms with Crippen LogP contribution in [0, 0.1) is 6.92 Å². The van der Waals surface area contributed by atoms with Crippen molar-refractivity contribution in [2.75, 3.05) is 9.80 Å². The van der Waals surface area contributed by atoms with E-state index in [4.69, 9.17) is 16.0 Å². The average Bonchev–Trinajstić information content (AvgIpc) is 3.62. The number of para-hydroxylation sites is 2. The fraction of sp³-hybridized carbons (Fsp3) is 0.288. The van der Waals surface area contributed by atoms with Crippen LogP contribution >= 0.6 is 11.6 Å². The van der Waals surface area contributed by atoms with Crippen LogP contribution in [0.2, 0.25) is 5.02 Å². The third-order valence-corrected chi connectivity index (χ3v) is 12.8. The zero-order valence-corrected chi connectivity index (χ0v) is 40.3. The lowest BCUT2D eigenvalue weighted by molar-refractivity contribution is 0.568. The Balaban J connectivity index is 1.44. The van der Waals surface area contributed by atoms with E-state index >= 15 is 0 Å². The Morgan fingerprint density at radius 1 is 0.397 bits per heavy atom. The van der Waals surface area contributed by atoms with Crippen LogP contribution in [-0.4, -0.2) is 0 Å². The fourth-order valence-electron chi connectivity index (χ4n) is 8.55. The van der Waals surface area contributed by atoms with E-state index in [0.717, 1.165) is 72.8 Å². The van der Waals surface area contributed by atoms with Crippen LogP contribution in [0.1, 0.15) is 111 Å². The molecule has 1 aromatic heterocycles. The number of hydrogen-bond donors (Lipinski definition) is 0. The summed E-state index contributed by atoms with van der Waals surface area (Å²) in [4.78, 5) is 4.66. The van der Waals surface area contributed by atoms with Crippen molar-refractivity contribution < 1.29 is 4.42 Å². The molecule has 0 amide bonds. The second-order valence-corrected chi connectivity index (χ2v) is 21.8. The minimum Gasteiger partial charge on any atom is -0.453 e. The Labute approximate surface area is 381 Å². The van der Waals surface area contributed by atoms with E-state index in [2.05, 4.69) is 245 Å². The lowest BCUT2D eigenvalue weighted by atomic mass is 9.80. The fourth-order valence-corrected chi connectivity index (χ4v) is 8.82. The molecule has 1 heterocycles. The maximum atomic E-state index is 8.06. The summed E-state index contributed by atoms with van der Waals surface area (Å²) in [6, 6.07) is 52.9. The molecule has 63 heavy (non-hydrogen) atoms. The highest BCUT2D eigenvalue weighted by atomic mass is 35.5. The maximum Gasteiger partial charge on any atom is 0.159 e. The summed E-state index contributed by atoms with van der Waals surface area (Å²) in [7, 11) is 0. The number of furan rings is 1. The van der Waals surface area contributed by atoms with Gasteiger partial charge in [0, 0.05) is 33.4 Å². The molecule has 4 heteroatoms. The average molecular weight is 852 g/mol. The topological polar surface area (TPSA) is 19.6 Å². The third-order valence-electron chi connectivity index (χ3n) is 12.4. The molecule has 8 rings (SSSR count). The number of rotatable bonds is 7. The molecule has 8 aromatic rings. The predicted octanol–water partition coefficient (Wildman–Crippen LogP) is 18.3. The molecular weight excluding hydrogens is 788 g/mol. The second-order valence-electron chi connectivity index (χ2n) is 21.5. The summed E-state index contributed by atoms with van der Waals surface area (Å²) in [5, 5.41) is 2.76. The molecule has 0 aliphatic rings. The Bertz CT molecular complexity index is 2840. The highest BCUT2D eigenvalue weighted by Gasteiger charge is 2.29. The number of anilines is 6. The minimum absolute atomic E-state index is 0.0133. The van der Waals surface area contributed by atoms with Crippen LogP contribution in [-0.2, 0) is 21.7 Å². The van der Waals surface area contributed by atoms with Crippen molar-refractivity contribution in [1.82, 2.24) is 0 Å². The molecule has 3 nitrogen and oxygen atoms in total. The van der Waals surface area contributed by atoms with Gasteiger partial charge in [-0.3, -0.25) is 0 Å². The summed E-state index contributed by atoms with van der Waals surface area (Å²) in [6.45, 7) is 29.5. The van der Waals surface area contributed by atoms with E-state index in [0.29, 0.717) is 5.02 Å². The zero-order valence-electron chi connectivity index (χ0n) is 39.5. The van der Waals surface area contributed by atoms with Gasteiger partial charge in [0.15, 0.2) is 5.58 Å². The monoisotopic (exact) mass is 850 g/mol. The molecule has 322 valence electrons. The predicted molar refractivity (Wildman–Crippen MR) is 273 cm³/mol. The van der Waals surface area contributed by atoms with Crippen LogP contribution in [0.3, 0.4) is 0 Å². The first-order valence-corrected chi connectivity index (χ1v) is 22.7. The lowest BCUT2D eigenvalue weighted by Crippen LogP contribution is -2.20. The van der Waals surface area contributed by atoms with Gasteiger partial charge in [-0.2, -0.15) is 0 Å². The molecule has 0 saturated heterocycles. The van der Waals surface area contributed by atoms with Crippen molar-refractivity contribution in [2.45, 2.75) is 112 Å². The van der Waals surface area contributed by atoms with Crippen molar-refractivity contribution in [2.24, 2.45) is 0 Å². The molecule has 0 fully saturated rings. The van der Waals surface area contributed by atoms with Gasteiger partial charge in [0.25, 0.3) is 0 Å². The van der Waals surface area contributed by atoms with Crippen LogP contribution in [0.5, 0.6) is 0 Å². The third kappa shape index (κ3) is 8.65. The highest BCUT2D eigenvalue weighted by Crippen LogP contribution is 2.51. The van der Waals surface area contributed by atoms with Gasteiger partial charge in [-0.25, -0.2) is 0 Å². The first-order chi connectivity index (χ1) is 29.6. The SMILES string of the molecule is Cc1cc(N(c2ccc(C(C)(C)C)cc2)c2ccc(C(C)(C)C)cc2)c(Cl)c(N(c2cc(C(C)(C)C)cc(C(C)(C)C)c2)c2cccc3c2oc2c(-c4ccccc4)cccc23)c1. The van der Waals surface area contributed by atoms with Crippen molar-refractivity contribution >= 4 is 67.7 Å². The zero-order chi connectivity index (χ0) is 45.2. The summed E-state index contributed by atoms with van der Waals surface area (Å²) in [6.07, 6.45) is 0. The molecule has 0 radical (unpaired) electrons. The summed E-state index contributed by atoms with van der Waals surface area (Å²) in [5.41, 5.74) is 15.6. The Kier molecular flexibility index (Phi) is 11.2. The first kappa shape index (κ1) is 43.9. The van der Waals surface area contributed by atoms with Crippen molar-refractivity contribution in [3.8, 4) is 11.1 Å². The van der Waals surface area contributed by atoms with Gasteiger partial charge in [0.2, 0.25) is 0 Å². The van der Waals surface area contributed by atoms with Gasteiger partial charge >= 0.3 is 0 Å². The largest absolute Gasteiger partial charge is 0.453 e. The molecule has 0 spiro atoms. The Morgan fingerprint density at radius 2 is 0.857 bits per heavy atom. The van der Waals surface area contributed by atoms with Crippen LogP contribution in [0.25, 0.3) is 33.1 Å². The first-order valence-electron chi connectivity index (χ1n) is 22.4. The van der Waals surface area contributed by atoms with Gasteiger partial charge in [0.05, 0.1) is 22.1 Å². The van der Waals surface area contributed by atoms with Gasteiger partial charge < -0.3 is 14.2 Å². The Hall–Kier alpha value is -5.77. The van der Waals surface area contributed by atoms with Crippen molar-refractivity contribution in [3.63, 3.8) is 0 Å². The van der Waals surface area contributed by atoms with Gasteiger partial charge in [-0.05, 0) is 117 Å². The molecule has 0 saturated carbocycles. The number of aryl methyl sites for hydroxylation is 1. The Morgan fingerprint density at radius 3 is 1.35 bits per heavy atom. The molecule has 0 aliphatic carbocycles. The number of fused-ring (bicyclic) bond motifs is 3. The molecule has 0 aliphatic heterocycles. The standard InChI is InChI=1S/C59H63ClN2O/c1-38-33-51(61(44-29-25-40(26-30-44)56(2,3)4)45-31-27-41(28-32-45)57(5,6)7)53(60)52(34-38)62(46-36-42(58(8,9)10)35-43(37-46)59(11,12)13)50-24-18-23-49-48-22-17-21-47(54(48)63-55(49)50)39-19-15-14-16-20-39/h14-37H,1-13H3. The molecule has 0 atom stereocenters. The van der Waals surface area contributed by atoms with Crippen LogP contribution in [0.15, 0.2) is 150 Å². The van der Waals surface area contributed by atoms with Gasteiger partial charge in [0.1, 0.15) is 5.58 Å². The molecule has 0 bridgehead atoms. The number of halogens is 1. The number of nitrogens with zero attached hydrogens (tertiary/aromatic N) is 2. The number of hydrogen-bond acceptors (Lipinski definition) is 3. The smallest absolute Gasteiger partial charge is 0.159 e. The van der Waals surface area contributed by atoms with Crippen molar-refractivity contribution in [3.05, 3.63) is 178 Å². The van der Waals surface area contributed by atoms with E-state index in [-0.39, 0.29) is 21.7 Å². The minimum atomic E-state index is -0.117. The summed E-state index contributed by atoms with van der Waals surface area (Å²) in [5.74, 6) is 0. The van der Waals surface area contributed by atoms with Crippen LogP contribution in [0.4, 0.5) is 34.1 Å². The molecule has 7 aromatic carbocycles. The molecule has 0 N–H and O–H groups in total. The van der Waals surface area contributed by atoms with E-state index in [9.17, 15) is 0 Å². The summed E-state index contributed by atoms with van der Waals surface area (Å²) < 4.78 is 7.16. The summed E-state index contributed by atoms with van der Waals surface area (Å²) >= 11 is 8.06. The lowest BCUT2D eigenvalue weighted by Gasteiger charge is -2.34. The normalized spacial score (nSPS) is 12.6. The van der Waals surface area contributed by atoms with Crippen molar-refractivity contribution in [1.29, 1.82) is 0 Å².